The van der Waals surface area contributed by atoms with Gasteiger partial charge in [-0.2, -0.15) is 10.2 Å². The predicted octanol–water partition coefficient (Wildman–Crippen LogP) is 3.61. The van der Waals surface area contributed by atoms with Crippen LogP contribution in [0.2, 0.25) is 0 Å². The van der Waals surface area contributed by atoms with Crippen molar-refractivity contribution in [3.8, 4) is 11.1 Å². The van der Waals surface area contributed by atoms with Crippen LogP contribution in [-0.2, 0) is 4.74 Å². The Morgan fingerprint density at radius 1 is 1.32 bits per heavy atom. The number of aryl methyl sites for hydroxylation is 1. The van der Waals surface area contributed by atoms with Crippen molar-refractivity contribution in [3.05, 3.63) is 47.8 Å². The standard InChI is InChI=1S/C16H17N5O/c1-5-22-12(3)20-10-13(7-18-20)16-14(17-4)8-19-21-9-11(2)6-15(16)21/h6-10,12H,5H2,1-3H3. The number of fused-ring (bicyclic) bond motifs is 1. The van der Waals surface area contributed by atoms with Gasteiger partial charge in [-0.25, -0.2) is 14.0 Å². The summed E-state index contributed by atoms with van der Waals surface area (Å²) in [5, 5.41) is 8.64. The zero-order valence-electron chi connectivity index (χ0n) is 12.8. The lowest BCUT2D eigenvalue weighted by molar-refractivity contribution is 0.0160. The summed E-state index contributed by atoms with van der Waals surface area (Å²) in [5.74, 6) is 0. The molecule has 6 heteroatoms. The first-order chi connectivity index (χ1) is 10.6. The van der Waals surface area contributed by atoms with Crippen molar-refractivity contribution in [2.75, 3.05) is 6.61 Å². The molecule has 22 heavy (non-hydrogen) atoms. The Labute approximate surface area is 128 Å². The van der Waals surface area contributed by atoms with E-state index in [0.29, 0.717) is 12.3 Å². The average molecular weight is 295 g/mol. The van der Waals surface area contributed by atoms with E-state index in [1.165, 1.54) is 0 Å². The minimum Gasteiger partial charge on any atom is -0.357 e. The summed E-state index contributed by atoms with van der Waals surface area (Å²) in [5.41, 5.74) is 4.28. The first-order valence-electron chi connectivity index (χ1n) is 7.15. The predicted molar refractivity (Wildman–Crippen MR) is 83.7 cm³/mol. The number of hydrogen-bond acceptors (Lipinski definition) is 3. The number of ether oxygens (including phenoxy) is 1. The van der Waals surface area contributed by atoms with Gasteiger partial charge >= 0.3 is 0 Å². The molecule has 0 bridgehead atoms. The largest absolute Gasteiger partial charge is 0.357 e. The van der Waals surface area contributed by atoms with Crippen molar-refractivity contribution in [2.45, 2.75) is 27.0 Å². The van der Waals surface area contributed by atoms with Gasteiger partial charge in [-0.3, -0.25) is 0 Å². The van der Waals surface area contributed by atoms with E-state index in [9.17, 15) is 0 Å². The van der Waals surface area contributed by atoms with E-state index in [4.69, 9.17) is 11.3 Å². The van der Waals surface area contributed by atoms with Crippen LogP contribution in [0.25, 0.3) is 21.5 Å². The molecule has 0 saturated carbocycles. The van der Waals surface area contributed by atoms with E-state index in [1.54, 1.807) is 21.6 Å². The summed E-state index contributed by atoms with van der Waals surface area (Å²) in [4.78, 5) is 3.60. The molecule has 0 aliphatic rings. The zero-order chi connectivity index (χ0) is 15.7. The van der Waals surface area contributed by atoms with Gasteiger partial charge in [0.05, 0.1) is 24.5 Å². The minimum absolute atomic E-state index is 0.137. The van der Waals surface area contributed by atoms with E-state index >= 15 is 0 Å². The molecule has 3 rings (SSSR count). The van der Waals surface area contributed by atoms with Crippen LogP contribution >= 0.6 is 0 Å². The fourth-order valence-electron chi connectivity index (χ4n) is 2.54. The summed E-state index contributed by atoms with van der Waals surface area (Å²) in [6.07, 6.45) is 7.08. The molecule has 1 atom stereocenters. The average Bonchev–Trinajstić information content (AvgIpc) is 3.11. The van der Waals surface area contributed by atoms with Crippen molar-refractivity contribution in [2.24, 2.45) is 0 Å². The van der Waals surface area contributed by atoms with Crippen LogP contribution < -0.4 is 0 Å². The maximum atomic E-state index is 7.40. The fourth-order valence-corrected chi connectivity index (χ4v) is 2.54. The molecule has 0 N–H and O–H groups in total. The molecule has 0 spiro atoms. The Morgan fingerprint density at radius 3 is 2.86 bits per heavy atom. The summed E-state index contributed by atoms with van der Waals surface area (Å²) >= 11 is 0. The molecule has 0 aliphatic heterocycles. The highest BCUT2D eigenvalue weighted by Crippen LogP contribution is 2.34. The highest BCUT2D eigenvalue weighted by molar-refractivity contribution is 5.90. The quantitative estimate of drug-likeness (QED) is 0.691. The lowest BCUT2D eigenvalue weighted by atomic mass is 10.1. The van der Waals surface area contributed by atoms with Gasteiger partial charge in [0, 0.05) is 30.1 Å². The molecule has 0 radical (unpaired) electrons. The van der Waals surface area contributed by atoms with Crippen LogP contribution in [0, 0.1) is 13.5 Å². The number of hydrogen-bond donors (Lipinski definition) is 0. The van der Waals surface area contributed by atoms with Gasteiger partial charge < -0.3 is 4.74 Å². The molecule has 3 aromatic heterocycles. The molecule has 3 aromatic rings. The van der Waals surface area contributed by atoms with Gasteiger partial charge in [0.1, 0.15) is 6.23 Å². The summed E-state index contributed by atoms with van der Waals surface area (Å²) in [7, 11) is 0. The highest BCUT2D eigenvalue weighted by atomic mass is 16.5. The van der Waals surface area contributed by atoms with E-state index in [2.05, 4.69) is 15.0 Å². The number of nitrogens with zero attached hydrogens (tertiary/aromatic N) is 5. The van der Waals surface area contributed by atoms with Crippen LogP contribution in [0.5, 0.6) is 0 Å². The smallest absolute Gasteiger partial charge is 0.216 e. The van der Waals surface area contributed by atoms with E-state index in [0.717, 1.165) is 22.2 Å². The minimum atomic E-state index is -0.137. The maximum absolute atomic E-state index is 7.40. The number of aromatic nitrogens is 4. The van der Waals surface area contributed by atoms with Crippen LogP contribution in [0.1, 0.15) is 25.6 Å². The molecule has 3 heterocycles. The second-order valence-corrected chi connectivity index (χ2v) is 5.13. The first kappa shape index (κ1) is 14.3. The van der Waals surface area contributed by atoms with Crippen LogP contribution in [0.15, 0.2) is 30.9 Å². The van der Waals surface area contributed by atoms with Crippen LogP contribution in [0.4, 0.5) is 5.69 Å². The van der Waals surface area contributed by atoms with Gasteiger partial charge in [0.25, 0.3) is 0 Å². The second-order valence-electron chi connectivity index (χ2n) is 5.13. The third kappa shape index (κ3) is 2.36. The maximum Gasteiger partial charge on any atom is 0.216 e. The Morgan fingerprint density at radius 2 is 2.14 bits per heavy atom. The summed E-state index contributed by atoms with van der Waals surface area (Å²) < 4.78 is 9.11. The molecule has 112 valence electrons. The molecule has 0 fully saturated rings. The lowest BCUT2D eigenvalue weighted by Gasteiger charge is -2.11. The van der Waals surface area contributed by atoms with Crippen molar-refractivity contribution in [1.29, 1.82) is 0 Å². The molecular formula is C16H17N5O. The Kier molecular flexibility index (Phi) is 3.65. The van der Waals surface area contributed by atoms with Crippen LogP contribution in [0.3, 0.4) is 0 Å². The topological polar surface area (TPSA) is 48.7 Å². The number of rotatable bonds is 4. The van der Waals surface area contributed by atoms with Gasteiger partial charge in [-0.15, -0.1) is 0 Å². The monoisotopic (exact) mass is 295 g/mol. The first-order valence-corrected chi connectivity index (χ1v) is 7.15. The molecule has 6 nitrogen and oxygen atoms in total. The van der Waals surface area contributed by atoms with Crippen molar-refractivity contribution in [3.63, 3.8) is 0 Å². The molecule has 1 unspecified atom stereocenters. The van der Waals surface area contributed by atoms with Gasteiger partial charge in [0.15, 0.2) is 0 Å². The van der Waals surface area contributed by atoms with E-state index < -0.39 is 0 Å². The van der Waals surface area contributed by atoms with Gasteiger partial charge in [0.2, 0.25) is 5.69 Å². The SMILES string of the molecule is [C-]#[N+]c1cnn2cc(C)cc2c1-c1cnn(C(C)OCC)c1. The molecule has 0 aromatic carbocycles. The Bertz CT molecular complexity index is 855. The Hall–Kier alpha value is -2.65. The highest BCUT2D eigenvalue weighted by Gasteiger charge is 2.15. The molecular weight excluding hydrogens is 278 g/mol. The van der Waals surface area contributed by atoms with Crippen molar-refractivity contribution in [1.82, 2.24) is 19.4 Å². The second kappa shape index (κ2) is 5.62. The van der Waals surface area contributed by atoms with E-state index in [1.807, 2.05) is 39.2 Å². The summed E-state index contributed by atoms with van der Waals surface area (Å²) in [6, 6.07) is 2.03. The Balaban J connectivity index is 2.15. The van der Waals surface area contributed by atoms with Crippen molar-refractivity contribution < 1.29 is 4.74 Å². The lowest BCUT2D eigenvalue weighted by Crippen LogP contribution is -2.09. The molecule has 0 amide bonds. The zero-order valence-corrected chi connectivity index (χ0v) is 12.8. The third-order valence-electron chi connectivity index (χ3n) is 3.54. The van der Waals surface area contributed by atoms with Gasteiger partial charge in [-0.05, 0) is 32.4 Å². The van der Waals surface area contributed by atoms with Gasteiger partial charge in [-0.1, -0.05) is 0 Å². The summed E-state index contributed by atoms with van der Waals surface area (Å²) in [6.45, 7) is 13.9. The van der Waals surface area contributed by atoms with E-state index in [-0.39, 0.29) is 6.23 Å². The normalized spacial score (nSPS) is 12.5. The third-order valence-corrected chi connectivity index (χ3v) is 3.54. The molecule has 0 aliphatic carbocycles. The van der Waals surface area contributed by atoms with Crippen LogP contribution in [-0.4, -0.2) is 26.0 Å². The molecule has 0 saturated heterocycles. The van der Waals surface area contributed by atoms with Crippen molar-refractivity contribution >= 4 is 11.2 Å². The fraction of sp³-hybridized carbons (Fsp3) is 0.312.